The van der Waals surface area contributed by atoms with Crippen molar-refractivity contribution in [1.82, 2.24) is 5.32 Å². The minimum absolute atomic E-state index is 0.566. The van der Waals surface area contributed by atoms with E-state index < -0.39 is 0 Å². The molecule has 96 valence electrons. The molecule has 1 fully saturated rings. The van der Waals surface area contributed by atoms with Crippen molar-refractivity contribution >= 4 is 11.0 Å². The van der Waals surface area contributed by atoms with E-state index in [-0.39, 0.29) is 0 Å². The SMILES string of the molecule is Cc1c(CNC2CC2)oc2ccc(C(C)C)cc12. The van der Waals surface area contributed by atoms with E-state index >= 15 is 0 Å². The number of hydrogen-bond acceptors (Lipinski definition) is 2. The molecular weight excluding hydrogens is 222 g/mol. The summed E-state index contributed by atoms with van der Waals surface area (Å²) in [5.41, 5.74) is 3.69. The average molecular weight is 243 g/mol. The number of furan rings is 1. The Bertz CT molecular complexity index is 564. The van der Waals surface area contributed by atoms with Crippen molar-refractivity contribution in [3.63, 3.8) is 0 Å². The number of hydrogen-bond donors (Lipinski definition) is 1. The second kappa shape index (κ2) is 4.43. The number of fused-ring (bicyclic) bond motifs is 1. The van der Waals surface area contributed by atoms with Crippen LogP contribution in [0.5, 0.6) is 0 Å². The second-order valence-corrected chi connectivity index (χ2v) is 5.72. The molecule has 1 saturated carbocycles. The summed E-state index contributed by atoms with van der Waals surface area (Å²) in [7, 11) is 0. The molecule has 0 aliphatic heterocycles. The molecule has 0 unspecified atom stereocenters. The van der Waals surface area contributed by atoms with Crippen LogP contribution in [0.1, 0.15) is 49.5 Å². The molecule has 1 aliphatic carbocycles. The summed E-state index contributed by atoms with van der Waals surface area (Å²) in [5, 5.41) is 4.79. The zero-order valence-corrected chi connectivity index (χ0v) is 11.4. The van der Waals surface area contributed by atoms with Crippen molar-refractivity contribution in [2.24, 2.45) is 0 Å². The van der Waals surface area contributed by atoms with E-state index in [1.807, 2.05) is 0 Å². The first-order valence-corrected chi connectivity index (χ1v) is 6.90. The van der Waals surface area contributed by atoms with Gasteiger partial charge < -0.3 is 9.73 Å². The molecule has 1 aromatic carbocycles. The van der Waals surface area contributed by atoms with Crippen LogP contribution in [0, 0.1) is 6.92 Å². The molecule has 0 bridgehead atoms. The summed E-state index contributed by atoms with van der Waals surface area (Å²) in [5.74, 6) is 1.66. The van der Waals surface area contributed by atoms with Gasteiger partial charge in [-0.3, -0.25) is 0 Å². The topological polar surface area (TPSA) is 25.2 Å². The van der Waals surface area contributed by atoms with Gasteiger partial charge in [-0.05, 0) is 48.9 Å². The summed E-state index contributed by atoms with van der Waals surface area (Å²) < 4.78 is 5.95. The Balaban J connectivity index is 1.93. The molecule has 2 nitrogen and oxygen atoms in total. The maximum absolute atomic E-state index is 5.95. The molecule has 1 aromatic heterocycles. The van der Waals surface area contributed by atoms with E-state index in [2.05, 4.69) is 44.3 Å². The van der Waals surface area contributed by atoms with Gasteiger partial charge in [-0.2, -0.15) is 0 Å². The predicted octanol–water partition coefficient (Wildman–Crippen LogP) is 4.12. The minimum atomic E-state index is 0.566. The van der Waals surface area contributed by atoms with Crippen molar-refractivity contribution in [3.8, 4) is 0 Å². The molecule has 0 radical (unpaired) electrons. The third-order valence-electron chi connectivity index (χ3n) is 3.85. The Hall–Kier alpha value is -1.28. The highest BCUT2D eigenvalue weighted by molar-refractivity contribution is 5.82. The molecule has 1 heterocycles. The molecule has 0 amide bonds. The van der Waals surface area contributed by atoms with Gasteiger partial charge in [0.1, 0.15) is 11.3 Å². The highest BCUT2D eigenvalue weighted by Crippen LogP contribution is 2.29. The molecule has 2 aromatic rings. The van der Waals surface area contributed by atoms with Crippen LogP contribution in [0.4, 0.5) is 0 Å². The van der Waals surface area contributed by atoms with Crippen LogP contribution >= 0.6 is 0 Å². The number of benzene rings is 1. The maximum Gasteiger partial charge on any atom is 0.134 e. The lowest BCUT2D eigenvalue weighted by molar-refractivity contribution is 0.509. The fourth-order valence-electron chi connectivity index (χ4n) is 2.34. The van der Waals surface area contributed by atoms with Crippen LogP contribution in [0.3, 0.4) is 0 Å². The van der Waals surface area contributed by atoms with Gasteiger partial charge in [0.2, 0.25) is 0 Å². The van der Waals surface area contributed by atoms with Crippen LogP contribution < -0.4 is 5.32 Å². The predicted molar refractivity (Wildman–Crippen MR) is 74.9 cm³/mol. The van der Waals surface area contributed by atoms with Crippen LogP contribution in [0.15, 0.2) is 22.6 Å². The van der Waals surface area contributed by atoms with Crippen LogP contribution in [0.25, 0.3) is 11.0 Å². The molecule has 1 aliphatic rings. The minimum Gasteiger partial charge on any atom is -0.459 e. The summed E-state index contributed by atoms with van der Waals surface area (Å²) >= 11 is 0. The van der Waals surface area contributed by atoms with E-state index in [0.29, 0.717) is 5.92 Å². The van der Waals surface area contributed by atoms with E-state index in [4.69, 9.17) is 4.42 Å². The first-order valence-electron chi connectivity index (χ1n) is 6.90. The van der Waals surface area contributed by atoms with Gasteiger partial charge in [0.15, 0.2) is 0 Å². The molecular formula is C16H21NO. The van der Waals surface area contributed by atoms with Crippen LogP contribution in [0.2, 0.25) is 0 Å². The number of nitrogens with one attached hydrogen (secondary N) is 1. The summed E-state index contributed by atoms with van der Waals surface area (Å²) in [6.45, 7) is 7.49. The van der Waals surface area contributed by atoms with Crippen LogP contribution in [-0.4, -0.2) is 6.04 Å². The molecule has 2 heteroatoms. The smallest absolute Gasteiger partial charge is 0.134 e. The Morgan fingerprint density at radius 1 is 1.33 bits per heavy atom. The Morgan fingerprint density at radius 3 is 2.78 bits per heavy atom. The lowest BCUT2D eigenvalue weighted by atomic mass is 10.0. The van der Waals surface area contributed by atoms with E-state index in [0.717, 1.165) is 23.9 Å². The van der Waals surface area contributed by atoms with E-state index in [9.17, 15) is 0 Å². The Morgan fingerprint density at radius 2 is 2.11 bits per heavy atom. The molecule has 18 heavy (non-hydrogen) atoms. The maximum atomic E-state index is 5.95. The van der Waals surface area contributed by atoms with Gasteiger partial charge in [0, 0.05) is 11.4 Å². The van der Waals surface area contributed by atoms with Crippen molar-refractivity contribution in [2.75, 3.05) is 0 Å². The van der Waals surface area contributed by atoms with Gasteiger partial charge in [0.25, 0.3) is 0 Å². The highest BCUT2D eigenvalue weighted by atomic mass is 16.3. The lowest BCUT2D eigenvalue weighted by Crippen LogP contribution is -2.15. The zero-order valence-electron chi connectivity index (χ0n) is 11.4. The van der Waals surface area contributed by atoms with Crippen molar-refractivity contribution < 1.29 is 4.42 Å². The Kier molecular flexibility index (Phi) is 2.90. The van der Waals surface area contributed by atoms with Crippen LogP contribution in [-0.2, 0) is 6.54 Å². The first-order chi connectivity index (χ1) is 8.65. The summed E-state index contributed by atoms with van der Waals surface area (Å²) in [6.07, 6.45) is 2.63. The van der Waals surface area contributed by atoms with Gasteiger partial charge >= 0.3 is 0 Å². The highest BCUT2D eigenvalue weighted by Gasteiger charge is 2.21. The molecule has 0 atom stereocenters. The monoisotopic (exact) mass is 243 g/mol. The van der Waals surface area contributed by atoms with Crippen molar-refractivity contribution in [2.45, 2.75) is 52.1 Å². The number of aryl methyl sites for hydroxylation is 1. The zero-order chi connectivity index (χ0) is 12.7. The quantitative estimate of drug-likeness (QED) is 0.874. The Labute approximate surface area is 108 Å². The average Bonchev–Trinajstić information content (AvgIpc) is 3.12. The van der Waals surface area contributed by atoms with Crippen molar-refractivity contribution in [3.05, 3.63) is 35.1 Å². The molecule has 0 spiro atoms. The summed E-state index contributed by atoms with van der Waals surface area (Å²) in [6, 6.07) is 7.29. The third kappa shape index (κ3) is 2.17. The summed E-state index contributed by atoms with van der Waals surface area (Å²) in [4.78, 5) is 0. The standard InChI is InChI=1S/C16H21NO/c1-10(2)12-4-7-15-14(8-12)11(3)16(18-15)9-17-13-5-6-13/h4,7-8,10,13,17H,5-6,9H2,1-3H3. The normalized spacial score (nSPS) is 15.8. The molecule has 3 rings (SSSR count). The van der Waals surface area contributed by atoms with Gasteiger partial charge in [-0.1, -0.05) is 19.9 Å². The molecule has 0 saturated heterocycles. The van der Waals surface area contributed by atoms with Gasteiger partial charge in [-0.15, -0.1) is 0 Å². The lowest BCUT2D eigenvalue weighted by Gasteiger charge is -2.04. The third-order valence-corrected chi connectivity index (χ3v) is 3.85. The van der Waals surface area contributed by atoms with Crippen molar-refractivity contribution in [1.29, 1.82) is 0 Å². The first kappa shape index (κ1) is 11.8. The fraction of sp³-hybridized carbons (Fsp3) is 0.500. The largest absolute Gasteiger partial charge is 0.459 e. The van der Waals surface area contributed by atoms with E-state index in [1.54, 1.807) is 0 Å². The van der Waals surface area contributed by atoms with Gasteiger partial charge in [-0.25, -0.2) is 0 Å². The number of rotatable bonds is 4. The van der Waals surface area contributed by atoms with Gasteiger partial charge in [0.05, 0.1) is 6.54 Å². The second-order valence-electron chi connectivity index (χ2n) is 5.72. The van der Waals surface area contributed by atoms with E-state index in [1.165, 1.54) is 29.4 Å². The fourth-order valence-corrected chi connectivity index (χ4v) is 2.34. The molecule has 1 N–H and O–H groups in total.